The molecule has 0 bridgehead atoms. The summed E-state index contributed by atoms with van der Waals surface area (Å²) in [6, 6.07) is 18.1. The van der Waals surface area contributed by atoms with Crippen LogP contribution in [0.3, 0.4) is 0 Å². The van der Waals surface area contributed by atoms with Crippen LogP contribution in [-0.4, -0.2) is 11.8 Å². The van der Waals surface area contributed by atoms with Crippen LogP contribution in [0.15, 0.2) is 66.0 Å². The van der Waals surface area contributed by atoms with Crippen molar-refractivity contribution >= 4 is 34.5 Å². The van der Waals surface area contributed by atoms with Gasteiger partial charge in [-0.3, -0.25) is 9.59 Å². The number of rotatable bonds is 3. The predicted molar refractivity (Wildman–Crippen MR) is 97.2 cm³/mol. The summed E-state index contributed by atoms with van der Waals surface area (Å²) in [5, 5.41) is 7.51. The van der Waals surface area contributed by atoms with Crippen LogP contribution in [0, 0.1) is 0 Å². The molecule has 0 fully saturated rings. The molecule has 2 aromatic carbocycles. The zero-order valence-electron chi connectivity index (χ0n) is 13.1. The van der Waals surface area contributed by atoms with Gasteiger partial charge in [0.1, 0.15) is 5.75 Å². The topological polar surface area (TPSA) is 67.4 Å². The van der Waals surface area contributed by atoms with Gasteiger partial charge in [0.15, 0.2) is 0 Å². The molecule has 1 aliphatic rings. The van der Waals surface area contributed by atoms with E-state index in [1.165, 1.54) is 11.3 Å². The van der Waals surface area contributed by atoms with Crippen LogP contribution in [0.4, 0.5) is 11.4 Å². The molecule has 0 saturated heterocycles. The standard InChI is InChI=1S/C19H14N2O3S/c22-18(16-7-4-10-25-16)20-13-8-9-15-14(11-13)21-19(23)17(24-15)12-5-2-1-3-6-12/h1-11,17H,(H,20,22)(H,21,23). The quantitative estimate of drug-likeness (QED) is 0.748. The first-order chi connectivity index (χ1) is 12.2. The lowest BCUT2D eigenvalue weighted by Crippen LogP contribution is -2.30. The third kappa shape index (κ3) is 3.12. The van der Waals surface area contributed by atoms with E-state index in [1.807, 2.05) is 41.8 Å². The summed E-state index contributed by atoms with van der Waals surface area (Å²) in [4.78, 5) is 25.1. The van der Waals surface area contributed by atoms with Gasteiger partial charge in [-0.05, 0) is 29.6 Å². The summed E-state index contributed by atoms with van der Waals surface area (Å²) in [6.07, 6.45) is -0.680. The minimum absolute atomic E-state index is 0.180. The van der Waals surface area contributed by atoms with E-state index in [9.17, 15) is 9.59 Å². The number of hydrogen-bond donors (Lipinski definition) is 2. The third-order valence-electron chi connectivity index (χ3n) is 3.83. The minimum Gasteiger partial charge on any atom is -0.474 e. The van der Waals surface area contributed by atoms with E-state index in [-0.39, 0.29) is 11.8 Å². The Morgan fingerprint density at radius 3 is 2.68 bits per heavy atom. The van der Waals surface area contributed by atoms with Crippen LogP contribution in [0.5, 0.6) is 5.75 Å². The largest absolute Gasteiger partial charge is 0.474 e. The summed E-state index contributed by atoms with van der Waals surface area (Å²) >= 11 is 1.37. The highest BCUT2D eigenvalue weighted by molar-refractivity contribution is 7.12. The number of fused-ring (bicyclic) bond motifs is 1. The molecule has 0 radical (unpaired) electrons. The Labute approximate surface area is 148 Å². The first-order valence-corrected chi connectivity index (χ1v) is 8.60. The van der Waals surface area contributed by atoms with Crippen molar-refractivity contribution in [2.45, 2.75) is 6.10 Å². The summed E-state index contributed by atoms with van der Waals surface area (Å²) in [7, 11) is 0. The van der Waals surface area contributed by atoms with Crippen molar-refractivity contribution in [3.63, 3.8) is 0 Å². The second kappa shape index (κ2) is 6.41. The molecule has 5 nitrogen and oxygen atoms in total. The molecule has 2 N–H and O–H groups in total. The Hall–Kier alpha value is -3.12. The fourth-order valence-electron chi connectivity index (χ4n) is 2.63. The molecule has 6 heteroatoms. The van der Waals surface area contributed by atoms with E-state index >= 15 is 0 Å². The first-order valence-electron chi connectivity index (χ1n) is 7.72. The zero-order valence-corrected chi connectivity index (χ0v) is 13.9. The molecule has 1 aliphatic heterocycles. The normalized spacial score (nSPS) is 15.7. The highest BCUT2D eigenvalue weighted by Gasteiger charge is 2.29. The number of amides is 2. The van der Waals surface area contributed by atoms with Crippen LogP contribution in [-0.2, 0) is 4.79 Å². The number of ether oxygens (including phenoxy) is 1. The molecule has 1 aromatic heterocycles. The average Bonchev–Trinajstić information content (AvgIpc) is 3.16. The van der Waals surface area contributed by atoms with Gasteiger partial charge >= 0.3 is 0 Å². The molecule has 0 aliphatic carbocycles. The fourth-order valence-corrected chi connectivity index (χ4v) is 3.25. The first kappa shape index (κ1) is 15.4. The molecular formula is C19H14N2O3S. The van der Waals surface area contributed by atoms with Gasteiger partial charge in [0.25, 0.3) is 11.8 Å². The molecular weight excluding hydrogens is 336 g/mol. The van der Waals surface area contributed by atoms with Crippen molar-refractivity contribution in [3.05, 3.63) is 76.5 Å². The fraction of sp³-hybridized carbons (Fsp3) is 0.0526. The minimum atomic E-state index is -0.680. The number of carbonyl (C=O) groups excluding carboxylic acids is 2. The maximum Gasteiger partial charge on any atom is 0.270 e. The van der Waals surface area contributed by atoms with Gasteiger partial charge in [0, 0.05) is 11.3 Å². The van der Waals surface area contributed by atoms with Gasteiger partial charge in [-0.2, -0.15) is 0 Å². The monoisotopic (exact) mass is 350 g/mol. The number of carbonyl (C=O) groups is 2. The Morgan fingerprint density at radius 2 is 1.92 bits per heavy atom. The van der Waals surface area contributed by atoms with E-state index in [4.69, 9.17) is 4.74 Å². The smallest absolute Gasteiger partial charge is 0.270 e. The summed E-state index contributed by atoms with van der Waals surface area (Å²) in [5.74, 6) is 0.156. The molecule has 25 heavy (non-hydrogen) atoms. The lowest BCUT2D eigenvalue weighted by Gasteiger charge is -2.26. The zero-order chi connectivity index (χ0) is 17.2. The lowest BCUT2D eigenvalue weighted by atomic mass is 10.1. The van der Waals surface area contributed by atoms with Crippen LogP contribution in [0.25, 0.3) is 0 Å². The van der Waals surface area contributed by atoms with Crippen molar-refractivity contribution in [2.24, 2.45) is 0 Å². The van der Waals surface area contributed by atoms with Crippen molar-refractivity contribution in [1.29, 1.82) is 0 Å². The molecule has 124 valence electrons. The van der Waals surface area contributed by atoms with E-state index < -0.39 is 6.10 Å². The lowest BCUT2D eigenvalue weighted by molar-refractivity contribution is -0.123. The molecule has 4 rings (SSSR count). The van der Waals surface area contributed by atoms with Crippen LogP contribution >= 0.6 is 11.3 Å². The second-order valence-corrected chi connectivity index (χ2v) is 6.49. The highest BCUT2D eigenvalue weighted by Crippen LogP contribution is 2.36. The highest BCUT2D eigenvalue weighted by atomic mass is 32.1. The summed E-state index contributed by atoms with van der Waals surface area (Å²) < 4.78 is 5.84. The number of anilines is 2. The van der Waals surface area contributed by atoms with Crippen molar-refractivity contribution in [1.82, 2.24) is 0 Å². The Bertz CT molecular complexity index is 923. The van der Waals surface area contributed by atoms with Crippen LogP contribution < -0.4 is 15.4 Å². The van der Waals surface area contributed by atoms with E-state index in [0.29, 0.717) is 22.0 Å². The van der Waals surface area contributed by atoms with Crippen molar-refractivity contribution < 1.29 is 14.3 Å². The number of hydrogen-bond acceptors (Lipinski definition) is 4. The Kier molecular flexibility index (Phi) is 3.95. The van der Waals surface area contributed by atoms with E-state index in [2.05, 4.69) is 10.6 Å². The van der Waals surface area contributed by atoms with E-state index in [0.717, 1.165) is 5.56 Å². The Balaban J connectivity index is 1.55. The molecule has 2 amide bonds. The van der Waals surface area contributed by atoms with Gasteiger partial charge in [0.2, 0.25) is 6.10 Å². The molecule has 0 saturated carbocycles. The van der Waals surface area contributed by atoms with Gasteiger partial charge in [0.05, 0.1) is 10.6 Å². The third-order valence-corrected chi connectivity index (χ3v) is 4.69. The van der Waals surface area contributed by atoms with Crippen LogP contribution in [0.1, 0.15) is 21.3 Å². The molecule has 3 aromatic rings. The number of thiophene rings is 1. The van der Waals surface area contributed by atoms with E-state index in [1.54, 1.807) is 24.3 Å². The molecule has 2 heterocycles. The molecule has 1 atom stereocenters. The number of nitrogens with one attached hydrogen (secondary N) is 2. The summed E-state index contributed by atoms with van der Waals surface area (Å²) in [6.45, 7) is 0. The van der Waals surface area contributed by atoms with Crippen molar-refractivity contribution in [3.8, 4) is 5.75 Å². The van der Waals surface area contributed by atoms with Crippen molar-refractivity contribution in [2.75, 3.05) is 10.6 Å². The summed E-state index contributed by atoms with van der Waals surface area (Å²) in [5.41, 5.74) is 1.93. The average molecular weight is 350 g/mol. The molecule has 1 unspecified atom stereocenters. The number of benzene rings is 2. The molecule has 0 spiro atoms. The SMILES string of the molecule is O=C(Nc1ccc2c(c1)NC(=O)C(c1ccccc1)O2)c1cccs1. The second-order valence-electron chi connectivity index (χ2n) is 5.54. The predicted octanol–water partition coefficient (Wildman–Crippen LogP) is 4.07. The Morgan fingerprint density at radius 1 is 1.08 bits per heavy atom. The van der Waals surface area contributed by atoms with Gasteiger partial charge in [-0.1, -0.05) is 36.4 Å². The van der Waals surface area contributed by atoms with Gasteiger partial charge in [-0.15, -0.1) is 11.3 Å². The van der Waals surface area contributed by atoms with Gasteiger partial charge in [-0.25, -0.2) is 0 Å². The van der Waals surface area contributed by atoms with Crippen LogP contribution in [0.2, 0.25) is 0 Å². The maximum absolute atomic E-state index is 12.4. The van der Waals surface area contributed by atoms with Gasteiger partial charge < -0.3 is 15.4 Å². The maximum atomic E-state index is 12.4.